The largest absolute Gasteiger partial charge is 0.469 e. The van der Waals surface area contributed by atoms with Crippen molar-refractivity contribution in [1.29, 1.82) is 0 Å². The van der Waals surface area contributed by atoms with E-state index < -0.39 is 8.32 Å². The lowest BCUT2D eigenvalue weighted by atomic mass is 9.81. The molecule has 3 nitrogen and oxygen atoms in total. The summed E-state index contributed by atoms with van der Waals surface area (Å²) in [5, 5.41) is 0. The molecule has 2 saturated carbocycles. The number of ether oxygens (including phenoxy) is 1. The number of hydrogen-bond donors (Lipinski definition) is 0. The smallest absolute Gasteiger partial charge is 0.311 e. The second-order valence-electron chi connectivity index (χ2n) is 6.90. The van der Waals surface area contributed by atoms with Crippen molar-refractivity contribution >= 4 is 14.3 Å². The molecule has 2 aliphatic carbocycles. The Balaban J connectivity index is 2.20. The third-order valence-electron chi connectivity index (χ3n) is 6.17. The van der Waals surface area contributed by atoms with Gasteiger partial charge in [-0.2, -0.15) is 0 Å². The summed E-state index contributed by atoms with van der Waals surface area (Å²) in [6.07, 6.45) is 6.26. The molecule has 21 heavy (non-hydrogen) atoms. The second kappa shape index (κ2) is 7.27. The number of rotatable bonds is 6. The SMILES string of the molecule is CC[Si](CC)(CC)OC1C(C(=O)OC)CC2CCCCC21. The molecule has 4 atom stereocenters. The van der Waals surface area contributed by atoms with E-state index in [0.29, 0.717) is 11.8 Å². The summed E-state index contributed by atoms with van der Waals surface area (Å²) in [6.45, 7) is 6.79. The Morgan fingerprint density at radius 2 is 1.71 bits per heavy atom. The van der Waals surface area contributed by atoms with Gasteiger partial charge in [0.15, 0.2) is 8.32 Å². The Hall–Kier alpha value is -0.353. The average molecular weight is 313 g/mol. The lowest BCUT2D eigenvalue weighted by molar-refractivity contribution is -0.148. The van der Waals surface area contributed by atoms with E-state index in [2.05, 4.69) is 20.8 Å². The fourth-order valence-electron chi connectivity index (χ4n) is 4.56. The first-order valence-corrected chi connectivity index (χ1v) is 11.4. The fourth-order valence-corrected chi connectivity index (χ4v) is 7.48. The van der Waals surface area contributed by atoms with Crippen molar-refractivity contribution in [2.24, 2.45) is 17.8 Å². The number of esters is 1. The zero-order valence-corrected chi connectivity index (χ0v) is 15.2. The van der Waals surface area contributed by atoms with Crippen molar-refractivity contribution in [3.63, 3.8) is 0 Å². The molecule has 2 fully saturated rings. The number of carbonyl (C=O) groups excluding carboxylic acids is 1. The molecule has 122 valence electrons. The molecular formula is C17H32O3Si. The molecule has 0 heterocycles. The van der Waals surface area contributed by atoms with Gasteiger partial charge in [-0.3, -0.25) is 4.79 Å². The van der Waals surface area contributed by atoms with Gasteiger partial charge in [0.2, 0.25) is 0 Å². The van der Waals surface area contributed by atoms with Gasteiger partial charge in [-0.15, -0.1) is 0 Å². The summed E-state index contributed by atoms with van der Waals surface area (Å²) in [5.41, 5.74) is 0. The summed E-state index contributed by atoms with van der Waals surface area (Å²) >= 11 is 0. The Labute approximate surface area is 130 Å². The molecule has 0 aliphatic heterocycles. The summed E-state index contributed by atoms with van der Waals surface area (Å²) in [4.78, 5) is 12.2. The summed E-state index contributed by atoms with van der Waals surface area (Å²) < 4.78 is 11.9. The van der Waals surface area contributed by atoms with Crippen LogP contribution in [-0.2, 0) is 14.0 Å². The maximum atomic E-state index is 12.2. The van der Waals surface area contributed by atoms with Gasteiger partial charge in [0.05, 0.1) is 19.1 Å². The van der Waals surface area contributed by atoms with Crippen LogP contribution in [-0.4, -0.2) is 27.5 Å². The Morgan fingerprint density at radius 1 is 1.10 bits per heavy atom. The van der Waals surface area contributed by atoms with Crippen LogP contribution in [0.1, 0.15) is 52.9 Å². The van der Waals surface area contributed by atoms with Crippen molar-refractivity contribution in [2.75, 3.05) is 7.11 Å². The number of hydrogen-bond acceptors (Lipinski definition) is 3. The highest BCUT2D eigenvalue weighted by molar-refractivity contribution is 6.73. The highest BCUT2D eigenvalue weighted by atomic mass is 28.4. The van der Waals surface area contributed by atoms with Crippen molar-refractivity contribution in [2.45, 2.75) is 77.1 Å². The highest BCUT2D eigenvalue weighted by Gasteiger charge is 2.50. The number of carbonyl (C=O) groups is 1. The van der Waals surface area contributed by atoms with Crippen molar-refractivity contribution in [1.82, 2.24) is 0 Å². The van der Waals surface area contributed by atoms with Gasteiger partial charge in [0.25, 0.3) is 0 Å². The van der Waals surface area contributed by atoms with Crippen molar-refractivity contribution in [3.8, 4) is 0 Å². The average Bonchev–Trinajstić information content (AvgIpc) is 2.90. The van der Waals surface area contributed by atoms with Gasteiger partial charge in [-0.25, -0.2) is 0 Å². The lowest BCUT2D eigenvalue weighted by Gasteiger charge is -2.37. The summed E-state index contributed by atoms with van der Waals surface area (Å²) in [6, 6.07) is 3.46. The molecule has 0 aromatic rings. The topological polar surface area (TPSA) is 35.5 Å². The van der Waals surface area contributed by atoms with Crippen molar-refractivity contribution < 1.29 is 14.0 Å². The molecule has 4 unspecified atom stereocenters. The third-order valence-corrected chi connectivity index (χ3v) is 10.8. The third kappa shape index (κ3) is 3.36. The monoisotopic (exact) mass is 312 g/mol. The van der Waals surface area contributed by atoms with Crippen LogP contribution in [0.4, 0.5) is 0 Å². The van der Waals surface area contributed by atoms with Gasteiger partial charge in [-0.05, 0) is 42.8 Å². The van der Waals surface area contributed by atoms with E-state index >= 15 is 0 Å². The summed E-state index contributed by atoms with van der Waals surface area (Å²) in [5.74, 6) is 1.23. The number of methoxy groups -OCH3 is 1. The van der Waals surface area contributed by atoms with Crippen LogP contribution in [0.15, 0.2) is 0 Å². The minimum atomic E-state index is -1.67. The van der Waals surface area contributed by atoms with Gasteiger partial charge in [-0.1, -0.05) is 40.0 Å². The Morgan fingerprint density at radius 3 is 2.29 bits per heavy atom. The molecule has 2 rings (SSSR count). The van der Waals surface area contributed by atoms with Crippen LogP contribution >= 0.6 is 0 Å². The van der Waals surface area contributed by atoms with Crippen molar-refractivity contribution in [3.05, 3.63) is 0 Å². The predicted octanol–water partition coefficient (Wildman–Crippen LogP) is 4.38. The molecule has 0 spiro atoms. The van der Waals surface area contributed by atoms with Gasteiger partial charge >= 0.3 is 5.97 Å². The molecule has 0 aromatic carbocycles. The number of fused-ring (bicyclic) bond motifs is 1. The molecule has 0 radical (unpaired) electrons. The van der Waals surface area contributed by atoms with E-state index in [1.165, 1.54) is 32.8 Å². The normalized spacial score (nSPS) is 32.8. The molecule has 0 bridgehead atoms. The quantitative estimate of drug-likeness (QED) is 0.539. The first-order chi connectivity index (χ1) is 10.1. The van der Waals surface area contributed by atoms with E-state index in [-0.39, 0.29) is 18.0 Å². The van der Waals surface area contributed by atoms with E-state index in [4.69, 9.17) is 9.16 Å². The second-order valence-corrected chi connectivity index (χ2v) is 11.6. The van der Waals surface area contributed by atoms with Crippen LogP contribution < -0.4 is 0 Å². The van der Waals surface area contributed by atoms with Crippen LogP contribution in [0.5, 0.6) is 0 Å². The molecule has 2 aliphatic rings. The zero-order chi connectivity index (χ0) is 15.5. The van der Waals surface area contributed by atoms with Crippen LogP contribution in [0.3, 0.4) is 0 Å². The molecule has 0 aromatic heterocycles. The molecule has 0 N–H and O–H groups in total. The van der Waals surface area contributed by atoms with Crippen LogP contribution in [0.25, 0.3) is 0 Å². The standard InChI is InChI=1S/C17H32O3Si/c1-5-21(6-2,7-3)20-16-14-11-9-8-10-13(14)12-15(16)17(18)19-4/h13-16H,5-12H2,1-4H3. The van der Waals surface area contributed by atoms with Gasteiger partial charge in [0.1, 0.15) is 0 Å². The van der Waals surface area contributed by atoms with E-state index in [9.17, 15) is 4.79 Å². The Bertz CT molecular complexity index is 346. The molecule has 0 saturated heterocycles. The van der Waals surface area contributed by atoms with Gasteiger partial charge < -0.3 is 9.16 Å². The summed E-state index contributed by atoms with van der Waals surface area (Å²) in [7, 11) is -0.148. The van der Waals surface area contributed by atoms with E-state index in [0.717, 1.165) is 24.6 Å². The first kappa shape index (κ1) is 17.0. The maximum Gasteiger partial charge on any atom is 0.311 e. The maximum absolute atomic E-state index is 12.2. The zero-order valence-electron chi connectivity index (χ0n) is 14.2. The highest BCUT2D eigenvalue weighted by Crippen LogP contribution is 2.48. The fraction of sp³-hybridized carbons (Fsp3) is 0.941. The lowest BCUT2D eigenvalue weighted by Crippen LogP contribution is -2.45. The minimum absolute atomic E-state index is 0.0142. The van der Waals surface area contributed by atoms with Crippen LogP contribution in [0.2, 0.25) is 18.1 Å². The van der Waals surface area contributed by atoms with E-state index in [1.54, 1.807) is 0 Å². The Kier molecular flexibility index (Phi) is 5.89. The van der Waals surface area contributed by atoms with Gasteiger partial charge in [0, 0.05) is 0 Å². The molecule has 4 heteroatoms. The first-order valence-electron chi connectivity index (χ1n) is 8.86. The minimum Gasteiger partial charge on any atom is -0.469 e. The predicted molar refractivity (Wildman–Crippen MR) is 87.6 cm³/mol. The van der Waals surface area contributed by atoms with E-state index in [1.807, 2.05) is 0 Å². The molecule has 0 amide bonds. The van der Waals surface area contributed by atoms with Crippen LogP contribution in [0, 0.1) is 17.8 Å². The molecular weight excluding hydrogens is 280 g/mol.